The number of hydrogen-bond acceptors (Lipinski definition) is 4. The second-order valence-electron chi connectivity index (χ2n) is 4.82. The van der Waals surface area contributed by atoms with Gasteiger partial charge < -0.3 is 9.84 Å². The van der Waals surface area contributed by atoms with E-state index in [9.17, 15) is 8.42 Å². The summed E-state index contributed by atoms with van der Waals surface area (Å²) in [5.74, 6) is 0. The monoisotopic (exact) mass is 331 g/mol. The number of nitrogens with zero attached hydrogens (tertiary/aromatic N) is 1. The van der Waals surface area contributed by atoms with Crippen LogP contribution in [0.4, 0.5) is 0 Å². The molecule has 1 aromatic carbocycles. The van der Waals surface area contributed by atoms with Crippen LogP contribution in [0, 0.1) is 0 Å². The summed E-state index contributed by atoms with van der Waals surface area (Å²) in [6.45, 7) is 1.08. The molecule has 0 spiro atoms. The molecule has 0 saturated heterocycles. The van der Waals surface area contributed by atoms with Crippen LogP contribution in [0.15, 0.2) is 34.7 Å². The lowest BCUT2D eigenvalue weighted by molar-refractivity contribution is 0.219. The smallest absolute Gasteiger partial charge is 0.243 e. The Morgan fingerprint density at radius 1 is 1.43 bits per heavy atom. The number of methoxy groups -OCH3 is 1. The Labute approximate surface area is 129 Å². The van der Waals surface area contributed by atoms with Gasteiger partial charge in [0.25, 0.3) is 0 Å². The van der Waals surface area contributed by atoms with Crippen LogP contribution in [0.2, 0.25) is 5.02 Å². The molecule has 0 bridgehead atoms. The number of hydrogen-bond donors (Lipinski definition) is 1. The normalized spacial score (nSPS) is 16.8. The maximum atomic E-state index is 12.5. The molecule has 0 saturated carbocycles. The van der Waals surface area contributed by atoms with Crippen molar-refractivity contribution in [1.29, 1.82) is 0 Å². The Morgan fingerprint density at radius 2 is 2.19 bits per heavy atom. The molecule has 2 rings (SSSR count). The van der Waals surface area contributed by atoms with Crippen molar-refractivity contribution in [1.82, 2.24) is 4.31 Å². The van der Waals surface area contributed by atoms with Gasteiger partial charge in [0, 0.05) is 25.2 Å². The topological polar surface area (TPSA) is 66.8 Å². The van der Waals surface area contributed by atoms with E-state index in [1.165, 1.54) is 22.5 Å². The number of ether oxygens (including phenoxy) is 1. The van der Waals surface area contributed by atoms with Crippen LogP contribution in [0.3, 0.4) is 0 Å². The van der Waals surface area contributed by atoms with E-state index in [4.69, 9.17) is 21.4 Å². The van der Waals surface area contributed by atoms with Gasteiger partial charge in [-0.25, -0.2) is 8.42 Å². The molecular weight excluding hydrogens is 314 g/mol. The van der Waals surface area contributed by atoms with Crippen LogP contribution in [-0.4, -0.2) is 44.6 Å². The largest absolute Gasteiger partial charge is 0.392 e. The van der Waals surface area contributed by atoms with E-state index in [0.717, 1.165) is 5.57 Å². The number of rotatable bonds is 5. The summed E-state index contributed by atoms with van der Waals surface area (Å²) in [4.78, 5) is 0.147. The zero-order valence-corrected chi connectivity index (χ0v) is 13.3. The third-order valence-electron chi connectivity index (χ3n) is 3.43. The molecule has 21 heavy (non-hydrogen) atoms. The van der Waals surface area contributed by atoms with Gasteiger partial charge in [0.05, 0.1) is 18.1 Å². The highest BCUT2D eigenvalue weighted by atomic mass is 35.5. The van der Waals surface area contributed by atoms with Gasteiger partial charge in [-0.3, -0.25) is 0 Å². The maximum absolute atomic E-state index is 12.5. The summed E-state index contributed by atoms with van der Waals surface area (Å²) in [5.41, 5.74) is 1.62. The summed E-state index contributed by atoms with van der Waals surface area (Å²) in [5, 5.41) is 9.33. The Morgan fingerprint density at radius 3 is 2.71 bits per heavy atom. The van der Waals surface area contributed by atoms with Crippen molar-refractivity contribution in [2.24, 2.45) is 0 Å². The van der Waals surface area contributed by atoms with Crippen molar-refractivity contribution in [2.45, 2.75) is 17.9 Å². The van der Waals surface area contributed by atoms with Crippen LogP contribution in [0.1, 0.15) is 12.0 Å². The van der Waals surface area contributed by atoms with Gasteiger partial charge in [0.2, 0.25) is 10.0 Å². The van der Waals surface area contributed by atoms with Crippen molar-refractivity contribution < 1.29 is 18.3 Å². The van der Waals surface area contributed by atoms with Crippen LogP contribution in [0.25, 0.3) is 0 Å². The van der Waals surface area contributed by atoms with E-state index >= 15 is 0 Å². The highest BCUT2D eigenvalue weighted by Gasteiger charge is 2.26. The maximum Gasteiger partial charge on any atom is 0.243 e. The fraction of sp³-hybridized carbons (Fsp3) is 0.429. The second-order valence-corrected chi connectivity index (χ2v) is 7.16. The average Bonchev–Trinajstić information content (AvgIpc) is 2.48. The first kappa shape index (κ1) is 16.5. The third kappa shape index (κ3) is 3.64. The number of sulfonamides is 1. The Hall–Kier alpha value is -0.920. The van der Waals surface area contributed by atoms with E-state index < -0.39 is 10.0 Å². The minimum absolute atomic E-state index is 0.147. The van der Waals surface area contributed by atoms with E-state index in [1.54, 1.807) is 7.11 Å². The molecule has 0 fully saturated rings. The van der Waals surface area contributed by atoms with E-state index in [1.807, 2.05) is 6.08 Å². The van der Waals surface area contributed by atoms with Gasteiger partial charge in [-0.15, -0.1) is 0 Å². The van der Waals surface area contributed by atoms with Gasteiger partial charge in [-0.1, -0.05) is 23.7 Å². The Bertz CT molecular complexity index is 642. The lowest BCUT2D eigenvalue weighted by Gasteiger charge is -2.25. The summed E-state index contributed by atoms with van der Waals surface area (Å²) >= 11 is 5.97. The van der Waals surface area contributed by atoms with E-state index in [0.29, 0.717) is 31.7 Å². The quantitative estimate of drug-likeness (QED) is 0.835. The highest BCUT2D eigenvalue weighted by molar-refractivity contribution is 7.89. The van der Waals surface area contributed by atoms with Crippen molar-refractivity contribution in [3.05, 3.63) is 40.4 Å². The molecule has 0 amide bonds. The molecule has 5 nitrogen and oxygen atoms in total. The fourth-order valence-corrected chi connectivity index (χ4v) is 3.91. The third-order valence-corrected chi connectivity index (χ3v) is 5.64. The van der Waals surface area contributed by atoms with Crippen LogP contribution >= 0.6 is 11.6 Å². The number of benzene rings is 1. The molecule has 1 aliphatic heterocycles. The van der Waals surface area contributed by atoms with Gasteiger partial charge >= 0.3 is 0 Å². The highest BCUT2D eigenvalue weighted by Crippen LogP contribution is 2.25. The average molecular weight is 332 g/mol. The molecule has 1 heterocycles. The summed E-state index contributed by atoms with van der Waals surface area (Å²) in [7, 11) is -1.95. The fourth-order valence-electron chi connectivity index (χ4n) is 2.19. The number of halogens is 1. The molecule has 0 unspecified atom stereocenters. The van der Waals surface area contributed by atoms with E-state index in [2.05, 4.69) is 0 Å². The molecule has 116 valence electrons. The molecule has 1 aliphatic rings. The van der Waals surface area contributed by atoms with Crippen molar-refractivity contribution >= 4 is 21.6 Å². The molecule has 1 N–H and O–H groups in total. The Balaban J connectivity index is 2.21. The lowest BCUT2D eigenvalue weighted by Crippen LogP contribution is -2.35. The summed E-state index contributed by atoms with van der Waals surface area (Å²) in [6, 6.07) is 4.39. The summed E-state index contributed by atoms with van der Waals surface area (Å²) in [6.07, 6.45) is 2.55. The van der Waals surface area contributed by atoms with Crippen molar-refractivity contribution in [2.75, 3.05) is 26.8 Å². The molecule has 7 heteroatoms. The molecule has 1 aromatic rings. The van der Waals surface area contributed by atoms with E-state index in [-0.39, 0.29) is 16.5 Å². The summed E-state index contributed by atoms with van der Waals surface area (Å²) < 4.78 is 31.6. The van der Waals surface area contributed by atoms with Gasteiger partial charge in [-0.2, -0.15) is 4.31 Å². The van der Waals surface area contributed by atoms with Crippen molar-refractivity contribution in [3.8, 4) is 0 Å². The van der Waals surface area contributed by atoms with Crippen molar-refractivity contribution in [3.63, 3.8) is 0 Å². The van der Waals surface area contributed by atoms with Gasteiger partial charge in [-0.05, 0) is 29.7 Å². The number of aliphatic hydroxyl groups is 1. The Kier molecular flexibility index (Phi) is 5.40. The lowest BCUT2D eigenvalue weighted by atomic mass is 10.1. The first-order chi connectivity index (χ1) is 9.98. The number of aliphatic hydroxyl groups excluding tert-OH is 1. The van der Waals surface area contributed by atoms with Gasteiger partial charge in [0.1, 0.15) is 0 Å². The first-order valence-corrected chi connectivity index (χ1v) is 8.37. The van der Waals surface area contributed by atoms with Crippen LogP contribution in [0.5, 0.6) is 0 Å². The molecule has 0 aromatic heterocycles. The minimum atomic E-state index is -3.57. The zero-order valence-electron chi connectivity index (χ0n) is 11.8. The van der Waals surface area contributed by atoms with Gasteiger partial charge in [0.15, 0.2) is 0 Å². The predicted octanol–water partition coefficient (Wildman–Crippen LogP) is 1.80. The minimum Gasteiger partial charge on any atom is -0.392 e. The van der Waals surface area contributed by atoms with Crippen LogP contribution < -0.4 is 0 Å². The molecule has 0 atom stereocenters. The second kappa shape index (κ2) is 6.89. The van der Waals surface area contributed by atoms with Crippen LogP contribution in [-0.2, 0) is 21.4 Å². The molecular formula is C14H18ClNO4S. The molecule has 0 aliphatic carbocycles. The standard InChI is InChI=1S/C14H18ClNO4S/c1-20-10-11-4-6-16(7-5-11)21(18,19)13-3-2-12(9-17)14(15)8-13/h2-4,8,17H,5-7,9-10H2,1H3. The molecule has 0 radical (unpaired) electrons. The predicted molar refractivity (Wildman–Crippen MR) is 80.7 cm³/mol. The SMILES string of the molecule is COCC1=CCN(S(=O)(=O)c2ccc(CO)c(Cl)c2)CC1. The zero-order chi connectivity index (χ0) is 15.5. The first-order valence-electron chi connectivity index (χ1n) is 6.55.